The minimum Gasteiger partial charge on any atom is -0.463 e. The number of ether oxygens (including phenoxy) is 1. The van der Waals surface area contributed by atoms with Crippen LogP contribution in [0.25, 0.3) is 10.2 Å². The van der Waals surface area contributed by atoms with Gasteiger partial charge >= 0.3 is 0 Å². The Balaban J connectivity index is 1.40. The van der Waals surface area contributed by atoms with Gasteiger partial charge in [-0.3, -0.25) is 9.48 Å². The maximum Gasteiger partial charge on any atom is 0.274 e. The molecule has 0 spiro atoms. The molecule has 0 radical (unpaired) electrons. The van der Waals surface area contributed by atoms with Gasteiger partial charge in [0.05, 0.1) is 29.0 Å². The van der Waals surface area contributed by atoms with E-state index in [1.165, 1.54) is 11.3 Å². The van der Waals surface area contributed by atoms with Crippen molar-refractivity contribution in [2.45, 2.75) is 26.5 Å². The van der Waals surface area contributed by atoms with E-state index in [0.717, 1.165) is 15.9 Å². The largest absolute Gasteiger partial charge is 0.463 e. The minimum absolute atomic E-state index is 0.00797. The van der Waals surface area contributed by atoms with Crippen LogP contribution in [0.1, 0.15) is 23.1 Å². The number of fused-ring (bicyclic) bond motifs is 1. The molecule has 124 valence electrons. The normalized spacial score (nSPS) is 14.8. The van der Waals surface area contributed by atoms with Gasteiger partial charge in [-0.05, 0) is 32.0 Å². The highest BCUT2D eigenvalue weighted by atomic mass is 32.1. The van der Waals surface area contributed by atoms with Crippen molar-refractivity contribution < 1.29 is 9.53 Å². The Morgan fingerprint density at radius 2 is 2.17 bits per heavy atom. The zero-order valence-corrected chi connectivity index (χ0v) is 14.4. The first-order chi connectivity index (χ1) is 11.6. The lowest BCUT2D eigenvalue weighted by molar-refractivity contribution is 0.0169. The molecule has 1 aromatic carbocycles. The number of thiazole rings is 1. The van der Waals surface area contributed by atoms with Gasteiger partial charge in [0.25, 0.3) is 11.1 Å². The first kappa shape index (κ1) is 15.1. The molecule has 7 heteroatoms. The molecule has 0 aliphatic carbocycles. The van der Waals surface area contributed by atoms with E-state index in [2.05, 4.69) is 10.1 Å². The van der Waals surface area contributed by atoms with E-state index < -0.39 is 0 Å². The molecule has 0 unspecified atom stereocenters. The SMILES string of the molecule is CCn1nc(C)cc1C(=O)N1CC(Oc2nc3ccccc3s2)C1. The number of carbonyl (C=O) groups excluding carboxylic acids is 1. The molecule has 0 atom stereocenters. The first-order valence-electron chi connectivity index (χ1n) is 8.00. The second kappa shape index (κ2) is 5.90. The summed E-state index contributed by atoms with van der Waals surface area (Å²) < 4.78 is 8.77. The Kier molecular flexibility index (Phi) is 3.72. The summed E-state index contributed by atoms with van der Waals surface area (Å²) in [5.74, 6) is 0.0154. The predicted molar refractivity (Wildman–Crippen MR) is 92.6 cm³/mol. The monoisotopic (exact) mass is 342 g/mol. The van der Waals surface area contributed by atoms with Gasteiger partial charge in [0.15, 0.2) is 0 Å². The summed E-state index contributed by atoms with van der Waals surface area (Å²) in [5.41, 5.74) is 2.46. The van der Waals surface area contributed by atoms with Gasteiger partial charge in [-0.15, -0.1) is 0 Å². The number of aromatic nitrogens is 3. The second-order valence-electron chi connectivity index (χ2n) is 5.88. The Labute approximate surface area is 143 Å². The smallest absolute Gasteiger partial charge is 0.274 e. The molecule has 1 saturated heterocycles. The molecule has 3 heterocycles. The van der Waals surface area contributed by atoms with Crippen molar-refractivity contribution in [2.24, 2.45) is 0 Å². The molecule has 3 aromatic rings. The van der Waals surface area contributed by atoms with Crippen LogP contribution in [0, 0.1) is 6.92 Å². The highest BCUT2D eigenvalue weighted by molar-refractivity contribution is 7.20. The predicted octanol–water partition coefficient (Wildman–Crippen LogP) is 2.72. The summed E-state index contributed by atoms with van der Waals surface area (Å²) >= 11 is 1.54. The maximum atomic E-state index is 12.6. The molecular formula is C17H18N4O2S. The Morgan fingerprint density at radius 1 is 1.38 bits per heavy atom. The number of benzene rings is 1. The molecule has 24 heavy (non-hydrogen) atoms. The van der Waals surface area contributed by atoms with Crippen LogP contribution in [0.4, 0.5) is 0 Å². The van der Waals surface area contributed by atoms with Crippen LogP contribution in [0.2, 0.25) is 0 Å². The third-order valence-corrected chi connectivity index (χ3v) is 5.03. The third kappa shape index (κ3) is 2.65. The van der Waals surface area contributed by atoms with E-state index in [1.54, 1.807) is 9.58 Å². The summed E-state index contributed by atoms with van der Waals surface area (Å²) in [5, 5.41) is 5.00. The van der Waals surface area contributed by atoms with E-state index in [-0.39, 0.29) is 12.0 Å². The molecule has 1 fully saturated rings. The molecule has 1 aliphatic rings. The lowest BCUT2D eigenvalue weighted by atomic mass is 10.1. The molecule has 4 rings (SSSR count). The van der Waals surface area contributed by atoms with Gasteiger partial charge in [0.1, 0.15) is 11.8 Å². The first-order valence-corrected chi connectivity index (χ1v) is 8.81. The highest BCUT2D eigenvalue weighted by Gasteiger charge is 2.34. The molecule has 6 nitrogen and oxygen atoms in total. The highest BCUT2D eigenvalue weighted by Crippen LogP contribution is 2.29. The van der Waals surface area contributed by atoms with E-state index in [9.17, 15) is 4.79 Å². The van der Waals surface area contributed by atoms with Crippen molar-refractivity contribution in [1.29, 1.82) is 0 Å². The number of para-hydroxylation sites is 1. The van der Waals surface area contributed by atoms with Crippen LogP contribution in [-0.2, 0) is 6.54 Å². The fourth-order valence-electron chi connectivity index (χ4n) is 2.84. The van der Waals surface area contributed by atoms with Crippen LogP contribution in [0.15, 0.2) is 30.3 Å². The van der Waals surface area contributed by atoms with Gasteiger partial charge in [-0.25, -0.2) is 4.98 Å². The van der Waals surface area contributed by atoms with Crippen LogP contribution in [0.3, 0.4) is 0 Å². The summed E-state index contributed by atoms with van der Waals surface area (Å²) in [6.45, 7) is 5.75. The van der Waals surface area contributed by atoms with Gasteiger partial charge in [0.2, 0.25) is 0 Å². The number of amides is 1. The number of nitrogens with zero attached hydrogens (tertiary/aromatic N) is 4. The molecule has 0 saturated carbocycles. The standard InChI is InChI=1S/C17H18N4O2S/c1-3-21-14(8-11(2)19-21)16(22)20-9-12(10-20)23-17-18-13-6-4-5-7-15(13)24-17/h4-8,12H,3,9-10H2,1-2H3. The summed E-state index contributed by atoms with van der Waals surface area (Å²) in [7, 11) is 0. The average molecular weight is 342 g/mol. The fraction of sp³-hybridized carbons (Fsp3) is 0.353. The number of likely N-dealkylation sites (tertiary alicyclic amines) is 1. The second-order valence-corrected chi connectivity index (χ2v) is 6.88. The van der Waals surface area contributed by atoms with Gasteiger partial charge < -0.3 is 9.64 Å². The van der Waals surface area contributed by atoms with E-state index >= 15 is 0 Å². The Morgan fingerprint density at radius 3 is 2.92 bits per heavy atom. The van der Waals surface area contributed by atoms with Gasteiger partial charge in [-0.1, -0.05) is 23.5 Å². The van der Waals surface area contributed by atoms with Crippen molar-refractivity contribution >= 4 is 27.5 Å². The molecule has 0 bridgehead atoms. The number of hydrogen-bond acceptors (Lipinski definition) is 5. The fourth-order valence-corrected chi connectivity index (χ4v) is 3.72. The van der Waals surface area contributed by atoms with Crippen molar-refractivity contribution in [3.63, 3.8) is 0 Å². The third-order valence-electron chi connectivity index (χ3n) is 4.10. The van der Waals surface area contributed by atoms with Crippen LogP contribution in [0.5, 0.6) is 5.19 Å². The minimum atomic E-state index is 0.00797. The van der Waals surface area contributed by atoms with Crippen LogP contribution in [-0.4, -0.2) is 44.8 Å². The number of hydrogen-bond donors (Lipinski definition) is 0. The van der Waals surface area contributed by atoms with Crippen LogP contribution < -0.4 is 4.74 Å². The summed E-state index contributed by atoms with van der Waals surface area (Å²) in [6.07, 6.45) is 0.00797. The van der Waals surface area contributed by atoms with Crippen LogP contribution >= 0.6 is 11.3 Å². The molecule has 1 aliphatic heterocycles. The van der Waals surface area contributed by atoms with Crippen molar-refractivity contribution in [3.8, 4) is 5.19 Å². The lowest BCUT2D eigenvalue weighted by Crippen LogP contribution is -2.56. The molecule has 2 aromatic heterocycles. The van der Waals surface area contributed by atoms with E-state index in [1.807, 2.05) is 44.2 Å². The Bertz CT molecular complexity index is 862. The number of carbonyl (C=O) groups is 1. The van der Waals surface area contributed by atoms with E-state index in [0.29, 0.717) is 30.5 Å². The Hall–Kier alpha value is -2.41. The van der Waals surface area contributed by atoms with Crippen molar-refractivity contribution in [1.82, 2.24) is 19.7 Å². The lowest BCUT2D eigenvalue weighted by Gasteiger charge is -2.38. The molecular weight excluding hydrogens is 324 g/mol. The topological polar surface area (TPSA) is 60.2 Å². The summed E-state index contributed by atoms with van der Waals surface area (Å²) in [4.78, 5) is 18.8. The molecule has 1 amide bonds. The van der Waals surface area contributed by atoms with Gasteiger partial charge in [0, 0.05) is 6.54 Å². The zero-order valence-electron chi connectivity index (χ0n) is 13.6. The number of aryl methyl sites for hydroxylation is 2. The molecule has 0 N–H and O–H groups in total. The average Bonchev–Trinajstić information content (AvgIpc) is 3.12. The van der Waals surface area contributed by atoms with E-state index in [4.69, 9.17) is 4.74 Å². The quantitative estimate of drug-likeness (QED) is 0.731. The summed E-state index contributed by atoms with van der Waals surface area (Å²) in [6, 6.07) is 9.81. The maximum absolute atomic E-state index is 12.6. The van der Waals surface area contributed by atoms with Gasteiger partial charge in [-0.2, -0.15) is 5.10 Å². The number of rotatable bonds is 4. The van der Waals surface area contributed by atoms with Crippen molar-refractivity contribution in [2.75, 3.05) is 13.1 Å². The van der Waals surface area contributed by atoms with Crippen molar-refractivity contribution in [3.05, 3.63) is 41.7 Å². The zero-order chi connectivity index (χ0) is 16.7.